The maximum absolute atomic E-state index is 12.7. The minimum absolute atomic E-state index is 0.198. The van der Waals surface area contributed by atoms with E-state index in [-0.39, 0.29) is 6.17 Å². The Labute approximate surface area is 165 Å². The molecule has 4 N–H and O–H groups in total. The standard InChI is InChI=1S/C19H34F3N5O/c20-19(21,22)12-27-7-4-13(5-8-27)17-15-3-6-23-11-16(15)18(26-25-17)24-10-14-2-1-9-28-14/h13-18,23-26H,1-12H2/t14-,15?,16?,17?,18?/m1/s1. The number of hydrogen-bond acceptors (Lipinski definition) is 6. The van der Waals surface area contributed by atoms with Crippen LogP contribution >= 0.6 is 0 Å². The highest BCUT2D eigenvalue weighted by Crippen LogP contribution is 2.35. The van der Waals surface area contributed by atoms with Crippen molar-refractivity contribution in [2.45, 2.75) is 56.6 Å². The molecule has 0 saturated carbocycles. The Balaban J connectivity index is 1.31. The fraction of sp³-hybridized carbons (Fsp3) is 1.00. The first kappa shape index (κ1) is 20.8. The molecular formula is C19H34F3N5O. The molecule has 4 aliphatic rings. The van der Waals surface area contributed by atoms with Crippen molar-refractivity contribution in [1.29, 1.82) is 0 Å². The summed E-state index contributed by atoms with van der Waals surface area (Å²) in [6.45, 7) is 4.03. The number of hydrazine groups is 1. The van der Waals surface area contributed by atoms with Crippen LogP contribution in [0.4, 0.5) is 13.2 Å². The van der Waals surface area contributed by atoms with Crippen molar-refractivity contribution in [2.75, 3.05) is 45.9 Å². The third-order valence-corrected chi connectivity index (χ3v) is 7.01. The van der Waals surface area contributed by atoms with Crippen LogP contribution in [-0.4, -0.2) is 75.3 Å². The van der Waals surface area contributed by atoms with E-state index in [2.05, 4.69) is 21.5 Å². The van der Waals surface area contributed by atoms with Crippen LogP contribution < -0.4 is 21.5 Å². The lowest BCUT2D eigenvalue weighted by Crippen LogP contribution is -2.70. The molecule has 0 spiro atoms. The maximum atomic E-state index is 12.7. The van der Waals surface area contributed by atoms with Gasteiger partial charge in [0, 0.05) is 31.7 Å². The average molecular weight is 406 g/mol. The van der Waals surface area contributed by atoms with Gasteiger partial charge in [-0.25, -0.2) is 5.43 Å². The van der Waals surface area contributed by atoms with Gasteiger partial charge in [-0.2, -0.15) is 13.2 Å². The summed E-state index contributed by atoms with van der Waals surface area (Å²) in [5.41, 5.74) is 7.04. The van der Waals surface area contributed by atoms with Crippen molar-refractivity contribution in [1.82, 2.24) is 26.4 Å². The van der Waals surface area contributed by atoms with E-state index < -0.39 is 12.7 Å². The van der Waals surface area contributed by atoms with E-state index in [9.17, 15) is 13.2 Å². The normalized spacial score (nSPS) is 38.5. The lowest BCUT2D eigenvalue weighted by molar-refractivity contribution is -0.149. The molecule has 4 rings (SSSR count). The number of hydrogen-bond donors (Lipinski definition) is 4. The molecule has 6 nitrogen and oxygen atoms in total. The Hall–Kier alpha value is -0.450. The highest BCUT2D eigenvalue weighted by Gasteiger charge is 2.44. The Bertz CT molecular complexity index is 494. The van der Waals surface area contributed by atoms with Gasteiger partial charge in [-0.3, -0.25) is 15.6 Å². The molecule has 5 atom stereocenters. The number of ether oxygens (including phenoxy) is 1. The van der Waals surface area contributed by atoms with Crippen LogP contribution in [0.15, 0.2) is 0 Å². The predicted molar refractivity (Wildman–Crippen MR) is 101 cm³/mol. The van der Waals surface area contributed by atoms with Crippen molar-refractivity contribution in [2.24, 2.45) is 17.8 Å². The van der Waals surface area contributed by atoms with Gasteiger partial charge in [0.1, 0.15) is 0 Å². The first-order chi connectivity index (χ1) is 13.5. The van der Waals surface area contributed by atoms with Gasteiger partial charge in [0.2, 0.25) is 0 Å². The van der Waals surface area contributed by atoms with Gasteiger partial charge in [-0.1, -0.05) is 0 Å². The molecule has 162 valence electrons. The molecule has 0 aliphatic carbocycles. The number of nitrogens with zero attached hydrogens (tertiary/aromatic N) is 1. The number of nitrogens with one attached hydrogen (secondary N) is 4. The van der Waals surface area contributed by atoms with Crippen LogP contribution in [0.3, 0.4) is 0 Å². The largest absolute Gasteiger partial charge is 0.401 e. The Morgan fingerprint density at radius 2 is 1.86 bits per heavy atom. The van der Waals surface area contributed by atoms with Crippen molar-refractivity contribution in [3.63, 3.8) is 0 Å². The molecule has 4 unspecified atom stereocenters. The van der Waals surface area contributed by atoms with Crippen LogP contribution in [-0.2, 0) is 4.74 Å². The highest BCUT2D eigenvalue weighted by atomic mass is 19.4. The van der Waals surface area contributed by atoms with Crippen LogP contribution in [0.25, 0.3) is 0 Å². The molecule has 28 heavy (non-hydrogen) atoms. The number of rotatable bonds is 5. The summed E-state index contributed by atoms with van der Waals surface area (Å²) in [4.78, 5) is 1.55. The third kappa shape index (κ3) is 5.17. The SMILES string of the molecule is FC(F)(F)CN1CCC(C2NNC(NC[C@H]3CCCO3)C3CNCCC32)CC1. The van der Waals surface area contributed by atoms with E-state index >= 15 is 0 Å². The van der Waals surface area contributed by atoms with Crippen LogP contribution in [0.5, 0.6) is 0 Å². The molecule has 0 aromatic carbocycles. The van der Waals surface area contributed by atoms with Crippen LogP contribution in [0.1, 0.15) is 32.1 Å². The van der Waals surface area contributed by atoms with Crippen molar-refractivity contribution < 1.29 is 17.9 Å². The van der Waals surface area contributed by atoms with Crippen LogP contribution in [0, 0.1) is 17.8 Å². The zero-order chi connectivity index (χ0) is 19.6. The summed E-state index contributed by atoms with van der Waals surface area (Å²) in [7, 11) is 0. The molecule has 0 amide bonds. The summed E-state index contributed by atoms with van der Waals surface area (Å²) in [6, 6.07) is 0.334. The molecule has 0 radical (unpaired) electrons. The summed E-state index contributed by atoms with van der Waals surface area (Å²) in [6.07, 6.45) is 1.46. The minimum Gasteiger partial charge on any atom is -0.377 e. The van der Waals surface area contributed by atoms with Gasteiger partial charge in [0.25, 0.3) is 0 Å². The molecule has 4 saturated heterocycles. The zero-order valence-corrected chi connectivity index (χ0v) is 16.4. The Morgan fingerprint density at radius 3 is 2.57 bits per heavy atom. The van der Waals surface area contributed by atoms with E-state index in [1.807, 2.05) is 0 Å². The van der Waals surface area contributed by atoms with Gasteiger partial charge in [0.15, 0.2) is 0 Å². The Kier molecular flexibility index (Phi) is 6.79. The van der Waals surface area contributed by atoms with Crippen LogP contribution in [0.2, 0.25) is 0 Å². The number of piperidine rings is 2. The average Bonchev–Trinajstić information content (AvgIpc) is 3.19. The minimum atomic E-state index is -4.10. The molecule has 0 aromatic heterocycles. The lowest BCUT2D eigenvalue weighted by Gasteiger charge is -2.50. The van der Waals surface area contributed by atoms with Crippen molar-refractivity contribution in [3.8, 4) is 0 Å². The molecule has 4 fully saturated rings. The predicted octanol–water partition coefficient (Wildman–Crippen LogP) is 1.06. The summed E-state index contributed by atoms with van der Waals surface area (Å²) >= 11 is 0. The van der Waals surface area contributed by atoms with Gasteiger partial charge in [-0.15, -0.1) is 0 Å². The summed E-state index contributed by atoms with van der Waals surface area (Å²) < 4.78 is 43.7. The Morgan fingerprint density at radius 1 is 1.04 bits per heavy atom. The second-order valence-corrected chi connectivity index (χ2v) is 8.88. The fourth-order valence-corrected chi connectivity index (χ4v) is 5.57. The van der Waals surface area contributed by atoms with E-state index in [1.165, 1.54) is 0 Å². The smallest absolute Gasteiger partial charge is 0.377 e. The molecular weight excluding hydrogens is 371 g/mol. The monoisotopic (exact) mass is 405 g/mol. The highest BCUT2D eigenvalue weighted by molar-refractivity contribution is 4.98. The summed E-state index contributed by atoms with van der Waals surface area (Å²) in [5.74, 6) is 1.46. The third-order valence-electron chi connectivity index (χ3n) is 7.01. The van der Waals surface area contributed by atoms with Crippen molar-refractivity contribution >= 4 is 0 Å². The molecule has 4 heterocycles. The lowest BCUT2D eigenvalue weighted by atomic mass is 9.71. The second-order valence-electron chi connectivity index (χ2n) is 8.88. The zero-order valence-electron chi connectivity index (χ0n) is 16.4. The van der Waals surface area contributed by atoms with E-state index in [0.717, 1.165) is 58.3 Å². The van der Waals surface area contributed by atoms with E-state index in [4.69, 9.17) is 4.74 Å². The quantitative estimate of drug-likeness (QED) is 0.549. The second kappa shape index (κ2) is 9.14. The number of halogens is 3. The van der Waals surface area contributed by atoms with E-state index in [1.54, 1.807) is 4.90 Å². The molecule has 4 aliphatic heterocycles. The van der Waals surface area contributed by atoms with Crippen molar-refractivity contribution in [3.05, 3.63) is 0 Å². The first-order valence-corrected chi connectivity index (χ1v) is 10.9. The van der Waals surface area contributed by atoms with Gasteiger partial charge >= 0.3 is 6.18 Å². The van der Waals surface area contributed by atoms with Gasteiger partial charge in [-0.05, 0) is 63.6 Å². The fourth-order valence-electron chi connectivity index (χ4n) is 5.57. The number of alkyl halides is 3. The first-order valence-electron chi connectivity index (χ1n) is 10.9. The van der Waals surface area contributed by atoms with Gasteiger partial charge in [0.05, 0.1) is 18.8 Å². The number of fused-ring (bicyclic) bond motifs is 1. The molecule has 9 heteroatoms. The van der Waals surface area contributed by atoms with E-state index in [0.29, 0.717) is 43.0 Å². The molecule has 0 bridgehead atoms. The summed E-state index contributed by atoms with van der Waals surface area (Å²) in [5, 5.41) is 7.17. The topological polar surface area (TPSA) is 60.6 Å². The molecule has 0 aromatic rings. The van der Waals surface area contributed by atoms with Gasteiger partial charge < -0.3 is 10.1 Å². The maximum Gasteiger partial charge on any atom is 0.401 e. The number of likely N-dealkylation sites (tertiary alicyclic amines) is 1.